The van der Waals surface area contributed by atoms with Gasteiger partial charge in [-0.2, -0.15) is 0 Å². The average Bonchev–Trinajstić information content (AvgIpc) is 2.82. The molecule has 4 nitrogen and oxygen atoms in total. The zero-order valence-corrected chi connectivity index (χ0v) is 11.4. The van der Waals surface area contributed by atoms with E-state index in [0.717, 1.165) is 38.8 Å². The molecular formula is C13H26N2O2. The number of ether oxygens (including phenoxy) is 1. The molecule has 2 unspecified atom stereocenters. The molecule has 0 radical (unpaired) electrons. The molecule has 0 aliphatic carbocycles. The first-order valence-electron chi connectivity index (χ1n) is 6.72. The number of carbonyl (C=O) groups excluding carboxylic acids is 1. The standard InChI is InChI=1S/C13H26N2O2/c1-4-7-12(10-17-3)14-11(2)13(16)15-8-5-6-9-15/h11-12,14H,4-10H2,1-3H3. The molecule has 1 aliphatic rings. The van der Waals surface area contributed by atoms with Gasteiger partial charge in [-0.25, -0.2) is 0 Å². The van der Waals surface area contributed by atoms with Gasteiger partial charge in [0.25, 0.3) is 0 Å². The molecule has 4 heteroatoms. The molecule has 0 aromatic rings. The number of carbonyl (C=O) groups is 1. The normalized spacial score (nSPS) is 19.4. The summed E-state index contributed by atoms with van der Waals surface area (Å²) in [6.45, 7) is 6.63. The number of likely N-dealkylation sites (tertiary alicyclic amines) is 1. The van der Waals surface area contributed by atoms with Gasteiger partial charge in [-0.3, -0.25) is 4.79 Å². The Hall–Kier alpha value is -0.610. The van der Waals surface area contributed by atoms with Gasteiger partial charge in [-0.05, 0) is 26.2 Å². The van der Waals surface area contributed by atoms with Crippen molar-refractivity contribution in [3.8, 4) is 0 Å². The maximum absolute atomic E-state index is 12.1. The molecule has 1 aliphatic heterocycles. The number of nitrogens with one attached hydrogen (secondary N) is 1. The molecule has 1 fully saturated rings. The van der Waals surface area contributed by atoms with Gasteiger partial charge in [0.05, 0.1) is 12.6 Å². The molecule has 2 atom stereocenters. The number of nitrogens with zero attached hydrogens (tertiary/aromatic N) is 1. The lowest BCUT2D eigenvalue weighted by Crippen LogP contribution is -2.48. The quantitative estimate of drug-likeness (QED) is 0.734. The topological polar surface area (TPSA) is 41.6 Å². The van der Waals surface area contributed by atoms with Gasteiger partial charge in [0.2, 0.25) is 5.91 Å². The van der Waals surface area contributed by atoms with Gasteiger partial charge >= 0.3 is 0 Å². The predicted octanol–water partition coefficient (Wildman–Crippen LogP) is 1.40. The zero-order valence-electron chi connectivity index (χ0n) is 11.4. The molecule has 0 aromatic heterocycles. The molecule has 0 saturated carbocycles. The average molecular weight is 242 g/mol. The van der Waals surface area contributed by atoms with Gasteiger partial charge in [-0.1, -0.05) is 13.3 Å². The van der Waals surface area contributed by atoms with E-state index >= 15 is 0 Å². The number of hydrogen-bond donors (Lipinski definition) is 1. The largest absolute Gasteiger partial charge is 0.383 e. The SMILES string of the molecule is CCCC(COC)NC(C)C(=O)N1CCCC1. The molecule has 100 valence electrons. The highest BCUT2D eigenvalue weighted by Crippen LogP contribution is 2.09. The van der Waals surface area contributed by atoms with E-state index in [9.17, 15) is 4.79 Å². The Bertz CT molecular complexity index is 221. The first-order valence-corrected chi connectivity index (χ1v) is 6.72. The highest BCUT2D eigenvalue weighted by molar-refractivity contribution is 5.81. The van der Waals surface area contributed by atoms with Crippen LogP contribution in [-0.2, 0) is 9.53 Å². The third-order valence-electron chi connectivity index (χ3n) is 3.28. The summed E-state index contributed by atoms with van der Waals surface area (Å²) in [4.78, 5) is 14.1. The van der Waals surface area contributed by atoms with Crippen molar-refractivity contribution in [1.82, 2.24) is 10.2 Å². The van der Waals surface area contributed by atoms with Gasteiger partial charge in [-0.15, -0.1) is 0 Å². The second kappa shape index (κ2) is 7.67. The highest BCUT2D eigenvalue weighted by atomic mass is 16.5. The van der Waals surface area contributed by atoms with Crippen molar-refractivity contribution in [3.05, 3.63) is 0 Å². The summed E-state index contributed by atoms with van der Waals surface area (Å²) in [5.41, 5.74) is 0. The fourth-order valence-corrected chi connectivity index (χ4v) is 2.40. The van der Waals surface area contributed by atoms with E-state index in [1.165, 1.54) is 0 Å². The van der Waals surface area contributed by atoms with E-state index in [1.54, 1.807) is 7.11 Å². The lowest BCUT2D eigenvalue weighted by molar-refractivity contribution is -0.132. The minimum Gasteiger partial charge on any atom is -0.383 e. The molecule has 17 heavy (non-hydrogen) atoms. The Labute approximate surface area is 105 Å². The van der Waals surface area contributed by atoms with Crippen LogP contribution in [0.1, 0.15) is 39.5 Å². The van der Waals surface area contributed by atoms with Crippen LogP contribution in [0.2, 0.25) is 0 Å². The van der Waals surface area contributed by atoms with Crippen molar-refractivity contribution in [1.29, 1.82) is 0 Å². The number of methoxy groups -OCH3 is 1. The molecular weight excluding hydrogens is 216 g/mol. The monoisotopic (exact) mass is 242 g/mol. The van der Waals surface area contributed by atoms with Gasteiger partial charge in [0.1, 0.15) is 0 Å². The first-order chi connectivity index (χ1) is 8.19. The molecule has 0 bridgehead atoms. The fourth-order valence-electron chi connectivity index (χ4n) is 2.40. The second-order valence-electron chi connectivity index (χ2n) is 4.86. The third kappa shape index (κ3) is 4.64. The highest BCUT2D eigenvalue weighted by Gasteiger charge is 2.24. The lowest BCUT2D eigenvalue weighted by atomic mass is 10.1. The summed E-state index contributed by atoms with van der Waals surface area (Å²) in [5.74, 6) is 0.236. The van der Waals surface area contributed by atoms with E-state index < -0.39 is 0 Å². The first kappa shape index (κ1) is 14.5. The lowest BCUT2D eigenvalue weighted by Gasteiger charge is -2.25. The zero-order chi connectivity index (χ0) is 12.7. The van der Waals surface area contributed by atoms with Crippen molar-refractivity contribution in [2.45, 2.75) is 51.6 Å². The summed E-state index contributed by atoms with van der Waals surface area (Å²) in [5, 5.41) is 3.38. The maximum Gasteiger partial charge on any atom is 0.239 e. The van der Waals surface area contributed by atoms with Crippen LogP contribution in [0, 0.1) is 0 Å². The molecule has 0 aromatic carbocycles. The summed E-state index contributed by atoms with van der Waals surface area (Å²) >= 11 is 0. The van der Waals surface area contributed by atoms with Crippen molar-refractivity contribution < 1.29 is 9.53 Å². The van der Waals surface area contributed by atoms with E-state index in [0.29, 0.717) is 6.61 Å². The molecule has 1 N–H and O–H groups in total. The minimum atomic E-state index is -0.0974. The molecule has 1 saturated heterocycles. The summed E-state index contributed by atoms with van der Waals surface area (Å²) in [6, 6.07) is 0.186. The van der Waals surface area contributed by atoms with Crippen LogP contribution < -0.4 is 5.32 Å². The van der Waals surface area contributed by atoms with Crippen LogP contribution in [-0.4, -0.2) is 49.7 Å². The third-order valence-corrected chi connectivity index (χ3v) is 3.28. The van der Waals surface area contributed by atoms with Gasteiger partial charge < -0.3 is 15.0 Å². The number of amides is 1. The van der Waals surface area contributed by atoms with E-state index in [-0.39, 0.29) is 18.0 Å². The van der Waals surface area contributed by atoms with Crippen LogP contribution in [0.5, 0.6) is 0 Å². The van der Waals surface area contributed by atoms with Crippen LogP contribution in [0.4, 0.5) is 0 Å². The molecule has 1 rings (SSSR count). The molecule has 1 amide bonds. The van der Waals surface area contributed by atoms with E-state index in [1.807, 2.05) is 11.8 Å². The molecule has 1 heterocycles. The number of hydrogen-bond acceptors (Lipinski definition) is 3. The van der Waals surface area contributed by atoms with Crippen molar-refractivity contribution in [2.24, 2.45) is 0 Å². The van der Waals surface area contributed by atoms with E-state index in [2.05, 4.69) is 12.2 Å². The Morgan fingerprint density at radius 1 is 1.41 bits per heavy atom. The van der Waals surface area contributed by atoms with Crippen molar-refractivity contribution in [2.75, 3.05) is 26.8 Å². The predicted molar refractivity (Wildman–Crippen MR) is 69.0 cm³/mol. The Kier molecular flexibility index (Phi) is 6.52. The van der Waals surface area contributed by atoms with Crippen molar-refractivity contribution in [3.63, 3.8) is 0 Å². The fraction of sp³-hybridized carbons (Fsp3) is 0.923. The molecule has 0 spiro atoms. The van der Waals surface area contributed by atoms with Crippen LogP contribution in [0.25, 0.3) is 0 Å². The van der Waals surface area contributed by atoms with Crippen LogP contribution in [0.3, 0.4) is 0 Å². The summed E-state index contributed by atoms with van der Waals surface area (Å²) in [7, 11) is 1.71. The Morgan fingerprint density at radius 2 is 2.06 bits per heavy atom. The second-order valence-corrected chi connectivity index (χ2v) is 4.86. The smallest absolute Gasteiger partial charge is 0.239 e. The van der Waals surface area contributed by atoms with E-state index in [4.69, 9.17) is 4.74 Å². The Balaban J connectivity index is 2.38. The maximum atomic E-state index is 12.1. The Morgan fingerprint density at radius 3 is 2.59 bits per heavy atom. The number of rotatable bonds is 7. The summed E-state index contributed by atoms with van der Waals surface area (Å²) in [6.07, 6.45) is 4.45. The summed E-state index contributed by atoms with van der Waals surface area (Å²) < 4.78 is 5.18. The van der Waals surface area contributed by atoms with Crippen LogP contribution in [0.15, 0.2) is 0 Å². The minimum absolute atomic E-state index is 0.0974. The van der Waals surface area contributed by atoms with Gasteiger partial charge in [0.15, 0.2) is 0 Å². The van der Waals surface area contributed by atoms with Crippen LogP contribution >= 0.6 is 0 Å². The van der Waals surface area contributed by atoms with Gasteiger partial charge in [0, 0.05) is 26.2 Å². The van der Waals surface area contributed by atoms with Crippen molar-refractivity contribution >= 4 is 5.91 Å².